The average molecular weight is 481 g/mol. The van der Waals surface area contributed by atoms with Crippen LogP contribution in [0, 0.1) is 23.2 Å². The van der Waals surface area contributed by atoms with E-state index in [9.17, 15) is 0 Å². The van der Waals surface area contributed by atoms with Crippen LogP contribution in [-0.2, 0) is 19.6 Å². The zero-order valence-corrected chi connectivity index (χ0v) is 21.8. The summed E-state index contributed by atoms with van der Waals surface area (Å²) in [5, 5.41) is 19.0. The highest BCUT2D eigenvalue weighted by Crippen LogP contribution is 2.24. The summed E-state index contributed by atoms with van der Waals surface area (Å²) in [4.78, 5) is 7.52. The van der Waals surface area contributed by atoms with Crippen LogP contribution in [0.5, 0.6) is 0 Å². The lowest BCUT2D eigenvalue weighted by molar-refractivity contribution is 0.129. The van der Waals surface area contributed by atoms with Gasteiger partial charge in [-0.3, -0.25) is 9.88 Å². The topological polar surface area (TPSA) is 70.6 Å². The zero-order chi connectivity index (χ0) is 25.5. The molecule has 2 heterocycles. The molecule has 0 saturated carbocycles. The number of rotatable bonds is 11. The zero-order valence-electron chi connectivity index (χ0n) is 21.8. The van der Waals surface area contributed by atoms with E-state index in [0.29, 0.717) is 36.5 Å². The van der Waals surface area contributed by atoms with Crippen LogP contribution in [0.25, 0.3) is 10.9 Å². The molecule has 0 spiro atoms. The van der Waals surface area contributed by atoms with E-state index in [1.54, 1.807) is 6.33 Å². The van der Waals surface area contributed by atoms with Crippen LogP contribution in [0.4, 0.5) is 0 Å². The number of aromatic nitrogens is 4. The predicted molar refractivity (Wildman–Crippen MR) is 144 cm³/mol. The molecule has 0 aliphatic heterocycles. The minimum Gasteiger partial charge on any atom is -0.312 e. The van der Waals surface area contributed by atoms with Crippen molar-refractivity contribution in [2.45, 2.75) is 66.2 Å². The van der Waals surface area contributed by atoms with E-state index in [-0.39, 0.29) is 0 Å². The second-order valence-electron chi connectivity index (χ2n) is 10.5. The van der Waals surface area contributed by atoms with Gasteiger partial charge in [-0.25, -0.2) is 0 Å². The lowest BCUT2D eigenvalue weighted by atomic mass is 9.94. The second-order valence-corrected chi connectivity index (χ2v) is 10.5. The van der Waals surface area contributed by atoms with Gasteiger partial charge >= 0.3 is 0 Å². The third-order valence-corrected chi connectivity index (χ3v) is 6.50. The van der Waals surface area contributed by atoms with Gasteiger partial charge in [0.2, 0.25) is 0 Å². The molecule has 4 aromatic rings. The van der Waals surface area contributed by atoms with Gasteiger partial charge in [-0.05, 0) is 54.5 Å². The molecule has 6 heteroatoms. The van der Waals surface area contributed by atoms with Crippen molar-refractivity contribution in [2.24, 2.45) is 11.8 Å². The maximum Gasteiger partial charge on any atom is 0.147 e. The Bertz CT molecular complexity index is 1290. The number of para-hydroxylation sites is 1. The van der Waals surface area contributed by atoms with Crippen molar-refractivity contribution in [3.63, 3.8) is 0 Å². The highest BCUT2D eigenvalue weighted by atomic mass is 15.3. The molecule has 0 N–H and O–H groups in total. The Morgan fingerprint density at radius 2 is 1.61 bits per heavy atom. The van der Waals surface area contributed by atoms with Crippen molar-refractivity contribution in [1.29, 1.82) is 5.26 Å². The molecule has 6 nitrogen and oxygen atoms in total. The third kappa shape index (κ3) is 6.77. The summed E-state index contributed by atoms with van der Waals surface area (Å²) in [6.07, 6.45) is 4.05. The number of nitriles is 1. The summed E-state index contributed by atoms with van der Waals surface area (Å²) in [5.41, 5.74) is 3.90. The SMILES string of the molecule is CC(C)CC(CC(C)C)N(Cc1ccc2ccccc2n1)Cc1nncn1Cc1ccc(C#N)cc1. The molecular formula is C30H36N6. The standard InChI is InChI=1S/C30H36N6/c1-22(2)15-28(16-23(3)4)35(19-27-14-13-26-7-5-6-8-29(26)33-27)20-30-34-32-21-36(30)18-25-11-9-24(17-31)10-12-25/h5-14,21-23,28H,15-16,18-20H2,1-4H3. The van der Waals surface area contributed by atoms with Crippen LogP contribution in [-0.4, -0.2) is 30.7 Å². The number of hydrogen-bond acceptors (Lipinski definition) is 5. The van der Waals surface area contributed by atoms with Crippen molar-refractivity contribution in [3.8, 4) is 6.07 Å². The largest absolute Gasteiger partial charge is 0.312 e. The van der Waals surface area contributed by atoms with Crippen LogP contribution < -0.4 is 0 Å². The first-order chi connectivity index (χ1) is 17.4. The Kier molecular flexibility index (Phi) is 8.45. The van der Waals surface area contributed by atoms with Crippen LogP contribution in [0.15, 0.2) is 67.0 Å². The molecule has 0 radical (unpaired) electrons. The number of hydrogen-bond donors (Lipinski definition) is 0. The van der Waals surface area contributed by atoms with Crippen LogP contribution in [0.3, 0.4) is 0 Å². The molecule has 0 bridgehead atoms. The lowest BCUT2D eigenvalue weighted by Crippen LogP contribution is -2.37. The third-order valence-electron chi connectivity index (χ3n) is 6.50. The monoisotopic (exact) mass is 480 g/mol. The summed E-state index contributed by atoms with van der Waals surface area (Å²) in [6, 6.07) is 22.9. The highest BCUT2D eigenvalue weighted by Gasteiger charge is 2.24. The summed E-state index contributed by atoms with van der Waals surface area (Å²) >= 11 is 0. The second kappa shape index (κ2) is 11.9. The Labute approximate surface area is 214 Å². The van der Waals surface area contributed by atoms with E-state index >= 15 is 0 Å². The first-order valence-corrected chi connectivity index (χ1v) is 12.9. The normalized spacial score (nSPS) is 11.8. The van der Waals surface area contributed by atoms with Gasteiger partial charge in [0.05, 0.1) is 35.9 Å². The van der Waals surface area contributed by atoms with Crippen molar-refractivity contribution in [3.05, 3.63) is 89.6 Å². The fourth-order valence-electron chi connectivity index (χ4n) is 4.80. The Balaban J connectivity index is 1.61. The maximum absolute atomic E-state index is 9.10. The van der Waals surface area contributed by atoms with Crippen molar-refractivity contribution in [1.82, 2.24) is 24.6 Å². The molecule has 0 atom stereocenters. The molecule has 186 valence electrons. The summed E-state index contributed by atoms with van der Waals surface area (Å²) < 4.78 is 2.12. The van der Waals surface area contributed by atoms with Gasteiger partial charge in [-0.1, -0.05) is 64.1 Å². The van der Waals surface area contributed by atoms with Gasteiger partial charge in [-0.15, -0.1) is 10.2 Å². The molecule has 4 rings (SSSR count). The van der Waals surface area contributed by atoms with E-state index in [2.05, 4.69) is 83.8 Å². The minimum atomic E-state index is 0.415. The van der Waals surface area contributed by atoms with Crippen molar-refractivity contribution < 1.29 is 0 Å². The quantitative estimate of drug-likeness (QED) is 0.255. The van der Waals surface area contributed by atoms with E-state index < -0.39 is 0 Å². The molecule has 0 amide bonds. The summed E-state index contributed by atoms with van der Waals surface area (Å²) in [6.45, 7) is 11.3. The highest BCUT2D eigenvalue weighted by molar-refractivity contribution is 5.78. The molecule has 0 saturated heterocycles. The van der Waals surface area contributed by atoms with Crippen LogP contribution >= 0.6 is 0 Å². The first kappa shape index (κ1) is 25.5. The van der Waals surface area contributed by atoms with Gasteiger partial charge < -0.3 is 4.57 Å². The Morgan fingerprint density at radius 1 is 0.889 bits per heavy atom. The molecule has 2 aromatic heterocycles. The number of benzene rings is 2. The number of fused-ring (bicyclic) bond motifs is 1. The van der Waals surface area contributed by atoms with Gasteiger partial charge in [0.1, 0.15) is 12.2 Å². The molecule has 0 aliphatic rings. The molecule has 36 heavy (non-hydrogen) atoms. The van der Waals surface area contributed by atoms with Crippen LogP contribution in [0.2, 0.25) is 0 Å². The minimum absolute atomic E-state index is 0.415. The van der Waals surface area contributed by atoms with Gasteiger partial charge in [0.25, 0.3) is 0 Å². The smallest absolute Gasteiger partial charge is 0.147 e. The van der Waals surface area contributed by atoms with Gasteiger partial charge in [-0.2, -0.15) is 5.26 Å². The first-order valence-electron chi connectivity index (χ1n) is 12.9. The van der Waals surface area contributed by atoms with Crippen molar-refractivity contribution >= 4 is 10.9 Å². The fourth-order valence-corrected chi connectivity index (χ4v) is 4.80. The molecule has 2 aromatic carbocycles. The summed E-state index contributed by atoms with van der Waals surface area (Å²) in [5.74, 6) is 2.13. The number of nitrogens with zero attached hydrogens (tertiary/aromatic N) is 6. The van der Waals surface area contributed by atoms with Crippen LogP contribution in [0.1, 0.15) is 63.2 Å². The molecule has 0 aliphatic carbocycles. The lowest BCUT2D eigenvalue weighted by Gasteiger charge is -2.33. The van der Waals surface area contributed by atoms with E-state index in [0.717, 1.165) is 47.4 Å². The van der Waals surface area contributed by atoms with Gasteiger partial charge in [0.15, 0.2) is 0 Å². The van der Waals surface area contributed by atoms with Crippen molar-refractivity contribution in [2.75, 3.05) is 0 Å². The average Bonchev–Trinajstić information content (AvgIpc) is 3.29. The van der Waals surface area contributed by atoms with Gasteiger partial charge in [0, 0.05) is 18.0 Å². The molecule has 0 fully saturated rings. The predicted octanol–water partition coefficient (Wildman–Crippen LogP) is 6.21. The Hall–Kier alpha value is -3.56. The maximum atomic E-state index is 9.10. The Morgan fingerprint density at radius 3 is 2.31 bits per heavy atom. The van der Waals surface area contributed by atoms with E-state index in [1.165, 1.54) is 0 Å². The summed E-state index contributed by atoms with van der Waals surface area (Å²) in [7, 11) is 0. The number of pyridine rings is 1. The molecular weight excluding hydrogens is 444 g/mol. The van der Waals surface area contributed by atoms with E-state index in [4.69, 9.17) is 10.2 Å². The fraction of sp³-hybridized carbons (Fsp3) is 0.400. The van der Waals surface area contributed by atoms with E-state index in [1.807, 2.05) is 30.3 Å². The molecule has 0 unspecified atom stereocenters.